The maximum absolute atomic E-state index is 2.70. The van der Waals surface area contributed by atoms with Crippen molar-refractivity contribution in [3.63, 3.8) is 0 Å². The summed E-state index contributed by atoms with van der Waals surface area (Å²) in [7, 11) is 0. The Kier molecular flexibility index (Phi) is 6.42. The van der Waals surface area contributed by atoms with E-state index in [-0.39, 0.29) is 0 Å². The molecule has 6 saturated carbocycles. The molecule has 0 aromatic rings. The van der Waals surface area contributed by atoms with Crippen LogP contribution in [0.3, 0.4) is 0 Å². The number of hydrogen-bond donors (Lipinski definition) is 0. The molecular weight excluding hydrogens is 384 g/mol. The second-order valence-corrected chi connectivity index (χ2v) is 14.0. The van der Waals surface area contributed by atoms with Crippen molar-refractivity contribution in [3.05, 3.63) is 12.2 Å². The second-order valence-electron chi connectivity index (χ2n) is 14.0. The average Bonchev–Trinajstić information content (AvgIpc) is 3.26. The molecule has 6 fully saturated rings. The van der Waals surface area contributed by atoms with Crippen molar-refractivity contribution in [2.75, 3.05) is 0 Å². The van der Waals surface area contributed by atoms with Gasteiger partial charge in [-0.2, -0.15) is 0 Å². The standard InChI is InChI=1S/C32H54/c1-7-9-10-14-21(3)22(4)30-28-23-19-24(20-23)31(5,6)26-16-11-15-25(26)29(28)27(13-8-2)32(30)17-12-18-32/h10,14,21-30H,7-9,11-13,15-20H2,1-6H3/b14-10+. The first-order valence-corrected chi connectivity index (χ1v) is 15.0. The van der Waals surface area contributed by atoms with Crippen LogP contribution in [0, 0.1) is 70.0 Å². The van der Waals surface area contributed by atoms with E-state index in [4.69, 9.17) is 0 Å². The van der Waals surface area contributed by atoms with Gasteiger partial charge in [-0.05, 0) is 121 Å². The Labute approximate surface area is 200 Å². The van der Waals surface area contributed by atoms with Crippen LogP contribution in [0.4, 0.5) is 0 Å². The third-order valence-corrected chi connectivity index (χ3v) is 12.7. The number of unbranched alkanes of at least 4 members (excludes halogenated alkanes) is 1. The highest BCUT2D eigenvalue weighted by atomic mass is 14.7. The van der Waals surface area contributed by atoms with Crippen molar-refractivity contribution >= 4 is 0 Å². The zero-order valence-electron chi connectivity index (χ0n) is 22.4. The van der Waals surface area contributed by atoms with Gasteiger partial charge in [-0.3, -0.25) is 0 Å². The fraction of sp³-hybridized carbons (Fsp3) is 0.938. The molecule has 0 aromatic heterocycles. The Bertz CT molecular complexity index is 674. The van der Waals surface area contributed by atoms with Gasteiger partial charge >= 0.3 is 0 Å². The Morgan fingerprint density at radius 1 is 0.938 bits per heavy atom. The second kappa shape index (κ2) is 8.75. The van der Waals surface area contributed by atoms with Crippen LogP contribution in [0.1, 0.15) is 119 Å². The van der Waals surface area contributed by atoms with Crippen LogP contribution in [-0.2, 0) is 0 Å². The lowest BCUT2D eigenvalue weighted by molar-refractivity contribution is -0.0971. The summed E-state index contributed by atoms with van der Waals surface area (Å²) in [5, 5.41) is 0. The molecule has 6 aliphatic carbocycles. The Morgan fingerprint density at radius 2 is 1.69 bits per heavy atom. The van der Waals surface area contributed by atoms with Crippen LogP contribution in [-0.4, -0.2) is 0 Å². The summed E-state index contributed by atoms with van der Waals surface area (Å²) in [5.74, 6) is 9.95. The fourth-order valence-corrected chi connectivity index (χ4v) is 10.9. The van der Waals surface area contributed by atoms with Gasteiger partial charge in [-0.1, -0.05) is 79.4 Å². The minimum atomic E-state index is 0.603. The molecule has 0 saturated heterocycles. The van der Waals surface area contributed by atoms with E-state index in [1.165, 1.54) is 38.5 Å². The molecule has 32 heavy (non-hydrogen) atoms. The lowest BCUT2D eigenvalue weighted by Gasteiger charge is -2.58. The lowest BCUT2D eigenvalue weighted by Crippen LogP contribution is -2.52. The largest absolute Gasteiger partial charge is 0.0883 e. The van der Waals surface area contributed by atoms with Crippen LogP contribution < -0.4 is 0 Å². The third kappa shape index (κ3) is 3.34. The highest BCUT2D eigenvalue weighted by molar-refractivity contribution is 5.18. The normalized spacial score (nSPS) is 45.4. The fourth-order valence-electron chi connectivity index (χ4n) is 10.9. The summed E-state index contributed by atoms with van der Waals surface area (Å²) >= 11 is 0. The molecule has 2 bridgehead atoms. The van der Waals surface area contributed by atoms with E-state index >= 15 is 0 Å². The van der Waals surface area contributed by atoms with E-state index in [2.05, 4.69) is 53.7 Å². The molecule has 6 aliphatic rings. The maximum Gasteiger partial charge on any atom is -0.0232 e. The zero-order chi connectivity index (χ0) is 22.7. The molecule has 0 aromatic carbocycles. The van der Waals surface area contributed by atoms with Crippen molar-refractivity contribution < 1.29 is 0 Å². The number of rotatable bonds is 7. The molecule has 0 N–H and O–H groups in total. The molecule has 8 atom stereocenters. The first-order valence-electron chi connectivity index (χ1n) is 15.0. The smallest absolute Gasteiger partial charge is 0.0232 e. The first-order chi connectivity index (χ1) is 15.4. The third-order valence-electron chi connectivity index (χ3n) is 12.7. The Hall–Kier alpha value is -0.260. The maximum atomic E-state index is 2.70. The van der Waals surface area contributed by atoms with E-state index < -0.39 is 0 Å². The zero-order valence-corrected chi connectivity index (χ0v) is 22.4. The lowest BCUT2D eigenvalue weighted by atomic mass is 9.46. The minimum Gasteiger partial charge on any atom is -0.0883 e. The topological polar surface area (TPSA) is 0 Å². The summed E-state index contributed by atoms with van der Waals surface area (Å²) in [6.07, 6.45) is 23.1. The van der Waals surface area contributed by atoms with Crippen molar-refractivity contribution in [3.8, 4) is 0 Å². The van der Waals surface area contributed by atoms with Crippen LogP contribution in [0.25, 0.3) is 0 Å². The van der Waals surface area contributed by atoms with E-state index in [0.717, 1.165) is 59.2 Å². The number of hydrogen-bond acceptors (Lipinski definition) is 0. The van der Waals surface area contributed by atoms with Crippen LogP contribution in [0.5, 0.6) is 0 Å². The molecule has 0 amide bonds. The average molecular weight is 439 g/mol. The highest BCUT2D eigenvalue weighted by Gasteiger charge is 2.69. The van der Waals surface area contributed by atoms with E-state index in [1.54, 1.807) is 38.5 Å². The summed E-state index contributed by atoms with van der Waals surface area (Å²) in [6.45, 7) is 15.5. The quantitative estimate of drug-likeness (QED) is 0.347. The van der Waals surface area contributed by atoms with Crippen LogP contribution in [0.2, 0.25) is 0 Å². The molecule has 0 nitrogen and oxygen atoms in total. The van der Waals surface area contributed by atoms with Gasteiger partial charge in [0.15, 0.2) is 0 Å². The van der Waals surface area contributed by atoms with Gasteiger partial charge in [0.05, 0.1) is 0 Å². The van der Waals surface area contributed by atoms with E-state index in [1.807, 2.05) is 0 Å². The molecular formula is C32H54. The Morgan fingerprint density at radius 3 is 2.31 bits per heavy atom. The van der Waals surface area contributed by atoms with Gasteiger partial charge in [0, 0.05) is 0 Å². The molecule has 1 spiro atoms. The van der Waals surface area contributed by atoms with E-state index in [9.17, 15) is 0 Å². The van der Waals surface area contributed by atoms with Gasteiger partial charge < -0.3 is 0 Å². The van der Waals surface area contributed by atoms with Gasteiger partial charge in [0.1, 0.15) is 0 Å². The van der Waals surface area contributed by atoms with Crippen molar-refractivity contribution in [2.45, 2.75) is 119 Å². The summed E-state index contributed by atoms with van der Waals surface area (Å²) in [5.41, 5.74) is 1.32. The molecule has 0 radical (unpaired) electrons. The molecule has 182 valence electrons. The van der Waals surface area contributed by atoms with Crippen molar-refractivity contribution in [1.29, 1.82) is 0 Å². The highest BCUT2D eigenvalue weighted by Crippen LogP contribution is 2.76. The van der Waals surface area contributed by atoms with Crippen molar-refractivity contribution in [2.24, 2.45) is 70.0 Å². The summed E-state index contributed by atoms with van der Waals surface area (Å²) in [4.78, 5) is 0. The van der Waals surface area contributed by atoms with Gasteiger partial charge in [-0.25, -0.2) is 0 Å². The summed E-state index contributed by atoms with van der Waals surface area (Å²) in [6, 6.07) is 0. The molecule has 8 unspecified atom stereocenters. The minimum absolute atomic E-state index is 0.603. The van der Waals surface area contributed by atoms with Gasteiger partial charge in [-0.15, -0.1) is 0 Å². The van der Waals surface area contributed by atoms with Crippen LogP contribution in [0.15, 0.2) is 12.2 Å². The van der Waals surface area contributed by atoms with Crippen molar-refractivity contribution in [1.82, 2.24) is 0 Å². The van der Waals surface area contributed by atoms with E-state index in [0.29, 0.717) is 10.8 Å². The number of allylic oxidation sites excluding steroid dienone is 2. The summed E-state index contributed by atoms with van der Waals surface area (Å²) < 4.78 is 0. The van der Waals surface area contributed by atoms with Crippen LogP contribution >= 0.6 is 0 Å². The SMILES string of the molecule is CCC/C=C/C(C)C(C)C1C2C3CC(C3)C(C)(C)C3CCCC3C2C(CCC)C12CCC2. The molecule has 0 heterocycles. The van der Waals surface area contributed by atoms with Gasteiger partial charge in [0.25, 0.3) is 0 Å². The Balaban J connectivity index is 1.55. The molecule has 6 rings (SSSR count). The monoisotopic (exact) mass is 438 g/mol. The molecule has 0 aliphatic heterocycles. The van der Waals surface area contributed by atoms with Gasteiger partial charge in [0.2, 0.25) is 0 Å². The molecule has 0 heteroatoms. The predicted molar refractivity (Wildman–Crippen MR) is 138 cm³/mol. The predicted octanol–water partition coefficient (Wildman–Crippen LogP) is 9.55. The first kappa shape index (κ1) is 23.5.